The second-order valence-electron chi connectivity index (χ2n) is 6.22. The first-order valence-electron chi connectivity index (χ1n) is 8.19. The number of hydrogen-bond donors (Lipinski definition) is 0. The topological polar surface area (TPSA) is 44.8 Å². The summed E-state index contributed by atoms with van der Waals surface area (Å²) in [5.74, 6) is 0.903. The first kappa shape index (κ1) is 17.1. The number of allylic oxidation sites excluding steroid dienone is 5. The molecular formula is C21H22O4. The van der Waals surface area contributed by atoms with E-state index in [-0.39, 0.29) is 11.9 Å². The molecule has 0 amide bonds. The Morgan fingerprint density at radius 2 is 1.96 bits per heavy atom. The van der Waals surface area contributed by atoms with Gasteiger partial charge in [-0.05, 0) is 35.8 Å². The summed E-state index contributed by atoms with van der Waals surface area (Å²) in [5.41, 5.74) is 0.782. The van der Waals surface area contributed by atoms with Gasteiger partial charge in [0.05, 0.1) is 20.1 Å². The molecule has 1 saturated heterocycles. The van der Waals surface area contributed by atoms with E-state index in [0.717, 1.165) is 22.6 Å². The van der Waals surface area contributed by atoms with Crippen molar-refractivity contribution in [3.05, 3.63) is 78.1 Å². The largest absolute Gasteiger partial charge is 0.497 e. The van der Waals surface area contributed by atoms with Crippen molar-refractivity contribution >= 4 is 5.97 Å². The van der Waals surface area contributed by atoms with Crippen LogP contribution in [-0.2, 0) is 19.7 Å². The Bertz CT molecular complexity index is 755. The van der Waals surface area contributed by atoms with Gasteiger partial charge in [0.25, 0.3) is 0 Å². The van der Waals surface area contributed by atoms with Crippen LogP contribution in [0.4, 0.5) is 0 Å². The Labute approximate surface area is 148 Å². The van der Waals surface area contributed by atoms with Crippen LogP contribution in [-0.4, -0.2) is 26.8 Å². The maximum absolute atomic E-state index is 13.1. The molecule has 130 valence electrons. The van der Waals surface area contributed by atoms with Crippen molar-refractivity contribution in [2.75, 3.05) is 20.8 Å². The van der Waals surface area contributed by atoms with Crippen LogP contribution in [0.1, 0.15) is 12.0 Å². The average Bonchev–Trinajstić information content (AvgIpc) is 2.96. The van der Waals surface area contributed by atoms with Crippen molar-refractivity contribution in [3.8, 4) is 5.75 Å². The second-order valence-corrected chi connectivity index (χ2v) is 6.22. The minimum Gasteiger partial charge on any atom is -0.497 e. The van der Waals surface area contributed by atoms with Gasteiger partial charge >= 0.3 is 5.97 Å². The number of benzene rings is 1. The van der Waals surface area contributed by atoms with Crippen LogP contribution in [0.2, 0.25) is 0 Å². The number of fused-ring (bicyclic) bond motifs is 1. The van der Waals surface area contributed by atoms with Crippen molar-refractivity contribution in [2.45, 2.75) is 11.8 Å². The fourth-order valence-electron chi connectivity index (χ4n) is 3.54. The fraction of sp³-hybridized carbons (Fsp3) is 0.286. The lowest BCUT2D eigenvalue weighted by molar-refractivity contribution is -0.149. The predicted octanol–water partition coefficient (Wildman–Crippen LogP) is 3.71. The first-order valence-corrected chi connectivity index (χ1v) is 8.19. The van der Waals surface area contributed by atoms with Gasteiger partial charge in [-0.25, -0.2) is 0 Å². The molecular weight excluding hydrogens is 316 g/mol. The third-order valence-electron chi connectivity index (χ3n) is 4.75. The van der Waals surface area contributed by atoms with Crippen LogP contribution >= 0.6 is 0 Å². The molecule has 0 aromatic heterocycles. The van der Waals surface area contributed by atoms with Gasteiger partial charge in [-0.3, -0.25) is 4.79 Å². The minimum absolute atomic E-state index is 0.275. The van der Waals surface area contributed by atoms with Crippen LogP contribution in [0, 0.1) is 5.92 Å². The Hall–Kier alpha value is -2.75. The minimum atomic E-state index is -0.928. The van der Waals surface area contributed by atoms with E-state index in [4.69, 9.17) is 14.2 Å². The summed E-state index contributed by atoms with van der Waals surface area (Å²) in [7, 11) is 3.04. The van der Waals surface area contributed by atoms with E-state index >= 15 is 0 Å². The van der Waals surface area contributed by atoms with Gasteiger partial charge < -0.3 is 14.2 Å². The number of carbonyl (C=O) groups excluding carboxylic acids is 1. The highest BCUT2D eigenvalue weighted by Gasteiger charge is 2.51. The third-order valence-corrected chi connectivity index (χ3v) is 4.75. The van der Waals surface area contributed by atoms with Crippen molar-refractivity contribution < 1.29 is 19.0 Å². The number of rotatable bonds is 3. The zero-order chi connectivity index (χ0) is 17.9. The summed E-state index contributed by atoms with van der Waals surface area (Å²) in [6.45, 7) is 4.49. The zero-order valence-electron chi connectivity index (χ0n) is 14.5. The summed E-state index contributed by atoms with van der Waals surface area (Å²) in [6, 6.07) is 7.55. The van der Waals surface area contributed by atoms with E-state index in [9.17, 15) is 4.79 Å². The molecule has 0 saturated carbocycles. The van der Waals surface area contributed by atoms with Crippen LogP contribution in [0.5, 0.6) is 5.75 Å². The summed E-state index contributed by atoms with van der Waals surface area (Å²) >= 11 is 0. The smallest absolute Gasteiger partial charge is 0.317 e. The molecule has 0 spiro atoms. The Kier molecular flexibility index (Phi) is 4.79. The van der Waals surface area contributed by atoms with Gasteiger partial charge in [-0.1, -0.05) is 43.0 Å². The molecule has 1 aromatic carbocycles. The lowest BCUT2D eigenvalue weighted by atomic mass is 9.66. The molecule has 2 aliphatic rings. The molecule has 4 nitrogen and oxygen atoms in total. The number of esters is 1. The molecule has 1 fully saturated rings. The van der Waals surface area contributed by atoms with Crippen molar-refractivity contribution in [2.24, 2.45) is 5.92 Å². The van der Waals surface area contributed by atoms with Crippen molar-refractivity contribution in [1.82, 2.24) is 0 Å². The van der Waals surface area contributed by atoms with Gasteiger partial charge in [-0.2, -0.15) is 0 Å². The number of carbonyl (C=O) groups is 1. The number of hydrogen-bond acceptors (Lipinski definition) is 4. The van der Waals surface area contributed by atoms with Crippen LogP contribution in [0.3, 0.4) is 0 Å². The monoisotopic (exact) mass is 338 g/mol. The molecule has 1 aliphatic heterocycles. The van der Waals surface area contributed by atoms with Gasteiger partial charge in [0, 0.05) is 0 Å². The normalized spacial score (nSPS) is 25.1. The molecule has 1 heterocycles. The highest BCUT2D eigenvalue weighted by Crippen LogP contribution is 2.46. The Morgan fingerprint density at radius 3 is 2.64 bits per heavy atom. The van der Waals surface area contributed by atoms with Crippen molar-refractivity contribution in [3.63, 3.8) is 0 Å². The molecule has 1 aromatic rings. The highest BCUT2D eigenvalue weighted by molar-refractivity contribution is 5.85. The first-order chi connectivity index (χ1) is 12.1. The molecule has 0 unspecified atom stereocenters. The molecule has 4 heteroatoms. The van der Waals surface area contributed by atoms with E-state index in [2.05, 4.69) is 6.58 Å². The number of methoxy groups -OCH3 is 2. The predicted molar refractivity (Wildman–Crippen MR) is 96.3 cm³/mol. The molecule has 3 rings (SSSR count). The van der Waals surface area contributed by atoms with E-state index in [1.54, 1.807) is 7.11 Å². The summed E-state index contributed by atoms with van der Waals surface area (Å²) < 4.78 is 16.4. The Balaban J connectivity index is 2.22. The molecule has 0 bridgehead atoms. The van der Waals surface area contributed by atoms with Gasteiger partial charge in [-0.15, -0.1) is 0 Å². The van der Waals surface area contributed by atoms with Gasteiger partial charge in [0.15, 0.2) is 0 Å². The van der Waals surface area contributed by atoms with Crippen LogP contribution < -0.4 is 4.74 Å². The number of ether oxygens (including phenoxy) is 3. The lowest BCUT2D eigenvalue weighted by Gasteiger charge is -2.36. The lowest BCUT2D eigenvalue weighted by Crippen LogP contribution is -2.43. The molecule has 1 aliphatic carbocycles. The van der Waals surface area contributed by atoms with Crippen LogP contribution in [0.15, 0.2) is 72.6 Å². The maximum atomic E-state index is 13.1. The molecule has 0 N–H and O–H groups in total. The van der Waals surface area contributed by atoms with Gasteiger partial charge in [0.2, 0.25) is 0 Å². The standard InChI is InChI=1S/C21H22O4/c1-15-13-21(20(22)24-3,16-9-11-17(23-2)12-10-16)18-7-5-4-6-8-19(18)25-14-15/h4-12,18H,1,13-14H2,2-3H3/t18-,21+/m1/s1. The summed E-state index contributed by atoms with van der Waals surface area (Å²) in [5, 5.41) is 0. The zero-order valence-corrected chi connectivity index (χ0v) is 14.5. The molecule has 25 heavy (non-hydrogen) atoms. The quantitative estimate of drug-likeness (QED) is 0.622. The van der Waals surface area contributed by atoms with Gasteiger partial charge in [0.1, 0.15) is 23.5 Å². The van der Waals surface area contributed by atoms with E-state index in [1.807, 2.05) is 54.6 Å². The highest BCUT2D eigenvalue weighted by atomic mass is 16.5. The molecule has 2 atom stereocenters. The molecule has 0 radical (unpaired) electrons. The van der Waals surface area contributed by atoms with Crippen molar-refractivity contribution in [1.29, 1.82) is 0 Å². The fourth-order valence-corrected chi connectivity index (χ4v) is 3.54. The Morgan fingerprint density at radius 1 is 1.20 bits per heavy atom. The van der Waals surface area contributed by atoms with Crippen LogP contribution in [0.25, 0.3) is 0 Å². The van der Waals surface area contributed by atoms with E-state index in [1.165, 1.54) is 7.11 Å². The average molecular weight is 338 g/mol. The second kappa shape index (κ2) is 7.01. The summed E-state index contributed by atoms with van der Waals surface area (Å²) in [6.07, 6.45) is 10.1. The van der Waals surface area contributed by atoms with E-state index in [0.29, 0.717) is 13.0 Å². The SMILES string of the molecule is C=C1COC2=CC=CC=C[C@H]2[C@@](C(=O)OC)(c2ccc(OC)cc2)C1. The van der Waals surface area contributed by atoms with E-state index < -0.39 is 5.41 Å². The third kappa shape index (κ3) is 3.00. The maximum Gasteiger partial charge on any atom is 0.317 e. The summed E-state index contributed by atoms with van der Waals surface area (Å²) in [4.78, 5) is 13.1.